The van der Waals surface area contributed by atoms with Crippen LogP contribution in [-0.2, 0) is 13.0 Å². The van der Waals surface area contributed by atoms with Crippen LogP contribution in [0.25, 0.3) is 22.6 Å². The van der Waals surface area contributed by atoms with Crippen LogP contribution in [0, 0.1) is 11.3 Å². The van der Waals surface area contributed by atoms with E-state index >= 15 is 0 Å². The van der Waals surface area contributed by atoms with Gasteiger partial charge in [-0.1, -0.05) is 87.9 Å². The number of nitrogens with zero attached hydrogens (tertiary/aromatic N) is 1. The summed E-state index contributed by atoms with van der Waals surface area (Å²) < 4.78 is 5.96. The summed E-state index contributed by atoms with van der Waals surface area (Å²) in [6.07, 6.45) is 4.78. The van der Waals surface area contributed by atoms with Gasteiger partial charge in [0.05, 0.1) is 16.8 Å². The van der Waals surface area contributed by atoms with Crippen molar-refractivity contribution >= 4 is 28.5 Å². The summed E-state index contributed by atoms with van der Waals surface area (Å²) in [5.41, 5.74) is 6.16. The third-order valence-corrected chi connectivity index (χ3v) is 7.91. The Bertz CT molecular complexity index is 1450. The summed E-state index contributed by atoms with van der Waals surface area (Å²) in [5, 5.41) is 11.0. The molecule has 37 heavy (non-hydrogen) atoms. The van der Waals surface area contributed by atoms with Crippen LogP contribution in [0.1, 0.15) is 66.4 Å². The lowest BCUT2D eigenvalue weighted by Crippen LogP contribution is -2.30. The van der Waals surface area contributed by atoms with E-state index in [4.69, 9.17) is 9.72 Å². The fourth-order valence-electron chi connectivity index (χ4n) is 5.21. The van der Waals surface area contributed by atoms with Gasteiger partial charge in [-0.2, -0.15) is 0 Å². The number of carboxylic acids is 1. The molecule has 1 N–H and O–H groups in total. The third-order valence-electron chi connectivity index (χ3n) is 7.91. The number of allylic oxidation sites excluding steroid dienone is 1. The second-order valence-corrected chi connectivity index (χ2v) is 10.6. The summed E-state index contributed by atoms with van der Waals surface area (Å²) in [6, 6.07) is 25.8. The van der Waals surface area contributed by atoms with Crippen molar-refractivity contribution in [2.24, 2.45) is 11.3 Å². The largest absolute Gasteiger partial charge is 0.489 e. The maximum atomic E-state index is 12.5. The molecule has 0 spiro atoms. The highest BCUT2D eigenvalue weighted by atomic mass is 16.5. The van der Waals surface area contributed by atoms with Gasteiger partial charge in [0.1, 0.15) is 12.4 Å². The number of fused-ring (bicyclic) bond motifs is 2. The molecule has 0 fully saturated rings. The minimum atomic E-state index is -0.885. The first-order valence-electron chi connectivity index (χ1n) is 13.0. The van der Waals surface area contributed by atoms with Gasteiger partial charge in [0.2, 0.25) is 0 Å². The van der Waals surface area contributed by atoms with Gasteiger partial charge in [-0.05, 0) is 70.7 Å². The maximum absolute atomic E-state index is 12.5. The number of aromatic nitrogens is 1. The quantitative estimate of drug-likeness (QED) is 0.284. The van der Waals surface area contributed by atoms with E-state index in [1.165, 1.54) is 0 Å². The molecule has 1 aromatic heterocycles. The van der Waals surface area contributed by atoms with Crippen LogP contribution in [0.2, 0.25) is 0 Å². The predicted octanol–water partition coefficient (Wildman–Crippen LogP) is 8.05. The Morgan fingerprint density at radius 2 is 1.70 bits per heavy atom. The van der Waals surface area contributed by atoms with Crippen LogP contribution in [0.4, 0.5) is 0 Å². The lowest BCUT2D eigenvalue weighted by atomic mass is 9.67. The van der Waals surface area contributed by atoms with Crippen LogP contribution in [0.5, 0.6) is 5.75 Å². The highest BCUT2D eigenvalue weighted by molar-refractivity contribution is 6.06. The number of benzene rings is 3. The molecule has 4 heteroatoms. The third kappa shape index (κ3) is 5.15. The Kier molecular flexibility index (Phi) is 6.84. The number of pyridine rings is 1. The normalized spacial score (nSPS) is 16.5. The van der Waals surface area contributed by atoms with Crippen molar-refractivity contribution in [1.29, 1.82) is 0 Å². The Morgan fingerprint density at radius 3 is 2.41 bits per heavy atom. The fraction of sp³-hybridized carbons (Fsp3) is 0.273. The van der Waals surface area contributed by atoms with Crippen molar-refractivity contribution in [1.82, 2.24) is 4.98 Å². The number of hydrogen-bond donors (Lipinski definition) is 1. The average Bonchev–Trinajstić information content (AvgIpc) is 2.91. The summed E-state index contributed by atoms with van der Waals surface area (Å²) in [5.74, 6) is 0.257. The molecule has 1 aliphatic carbocycles. The predicted molar refractivity (Wildman–Crippen MR) is 150 cm³/mol. The molecule has 4 nitrogen and oxygen atoms in total. The first kappa shape index (κ1) is 24.8. The molecular formula is C33H33NO3. The molecule has 0 saturated carbocycles. The van der Waals surface area contributed by atoms with Crippen molar-refractivity contribution in [3.63, 3.8) is 0 Å². The van der Waals surface area contributed by atoms with E-state index in [-0.39, 0.29) is 5.41 Å². The smallest absolute Gasteiger partial charge is 0.336 e. The molecule has 1 aliphatic rings. The van der Waals surface area contributed by atoms with E-state index in [0.29, 0.717) is 23.5 Å². The Labute approximate surface area is 218 Å². The minimum Gasteiger partial charge on any atom is -0.489 e. The van der Waals surface area contributed by atoms with Gasteiger partial charge in [-0.3, -0.25) is 0 Å². The van der Waals surface area contributed by atoms with Crippen LogP contribution < -0.4 is 4.74 Å². The van der Waals surface area contributed by atoms with Crippen molar-refractivity contribution in [2.45, 2.75) is 46.6 Å². The number of carboxylic acid groups (broad SMARTS) is 1. The Hall–Kier alpha value is -3.92. The van der Waals surface area contributed by atoms with Gasteiger partial charge in [0.15, 0.2) is 0 Å². The first-order valence-corrected chi connectivity index (χ1v) is 13.0. The number of hydrogen-bond acceptors (Lipinski definition) is 3. The molecule has 1 atom stereocenters. The molecule has 5 rings (SSSR count). The van der Waals surface area contributed by atoms with Gasteiger partial charge in [-0.15, -0.1) is 0 Å². The standard InChI is InChI=1S/C33H33NO3/c1-4-33(2,3)25-19-24(18-22-14-16-26(17-15-22)37-21-23-10-6-5-7-11-23)31-28(20-25)30(32(35)36)27-12-8-9-13-29(27)34-31/h5-18,25H,4,19-21H2,1-3H3,(H,35,36). The Balaban J connectivity index is 1.54. The van der Waals surface area contributed by atoms with Gasteiger partial charge in [0.25, 0.3) is 0 Å². The second kappa shape index (κ2) is 10.2. The molecule has 0 saturated heterocycles. The molecule has 0 aliphatic heterocycles. The van der Waals surface area contributed by atoms with Crippen molar-refractivity contribution in [2.75, 3.05) is 0 Å². The van der Waals surface area contributed by atoms with Crippen LogP contribution >= 0.6 is 0 Å². The number of ether oxygens (including phenoxy) is 1. The summed E-state index contributed by atoms with van der Waals surface area (Å²) >= 11 is 0. The zero-order chi connectivity index (χ0) is 26.0. The number of para-hydroxylation sites is 1. The molecule has 0 amide bonds. The van der Waals surface area contributed by atoms with Crippen molar-refractivity contribution in [3.8, 4) is 5.75 Å². The van der Waals surface area contributed by atoms with Crippen molar-refractivity contribution in [3.05, 3.63) is 107 Å². The van der Waals surface area contributed by atoms with Crippen LogP contribution in [0.3, 0.4) is 0 Å². The molecule has 0 bridgehead atoms. The summed E-state index contributed by atoms with van der Waals surface area (Å²) in [4.78, 5) is 17.5. The minimum absolute atomic E-state index is 0.0767. The number of carbonyl (C=O) groups is 1. The van der Waals surface area contributed by atoms with Crippen LogP contribution in [0.15, 0.2) is 78.9 Å². The monoisotopic (exact) mass is 491 g/mol. The fourth-order valence-corrected chi connectivity index (χ4v) is 5.21. The lowest BCUT2D eigenvalue weighted by Gasteiger charge is -2.38. The summed E-state index contributed by atoms with van der Waals surface area (Å²) in [6.45, 7) is 7.31. The number of rotatable bonds is 7. The van der Waals surface area contributed by atoms with E-state index < -0.39 is 5.97 Å². The topological polar surface area (TPSA) is 59.4 Å². The zero-order valence-corrected chi connectivity index (χ0v) is 21.7. The van der Waals surface area contributed by atoms with E-state index in [1.54, 1.807) is 0 Å². The zero-order valence-electron chi connectivity index (χ0n) is 21.7. The molecule has 1 unspecified atom stereocenters. The molecule has 4 aromatic rings. The van der Waals surface area contributed by atoms with E-state index in [9.17, 15) is 9.90 Å². The number of aromatic carboxylic acids is 1. The molecular weight excluding hydrogens is 458 g/mol. The van der Waals surface area contributed by atoms with E-state index in [1.807, 2.05) is 54.6 Å². The molecule has 3 aromatic carbocycles. The van der Waals surface area contributed by atoms with Crippen molar-refractivity contribution < 1.29 is 14.6 Å². The van der Waals surface area contributed by atoms with Gasteiger partial charge >= 0.3 is 5.97 Å². The maximum Gasteiger partial charge on any atom is 0.336 e. The van der Waals surface area contributed by atoms with Gasteiger partial charge in [0, 0.05) is 5.39 Å². The van der Waals surface area contributed by atoms with E-state index in [2.05, 4.69) is 51.1 Å². The van der Waals surface area contributed by atoms with Gasteiger partial charge < -0.3 is 9.84 Å². The average molecular weight is 492 g/mol. The highest BCUT2D eigenvalue weighted by Crippen LogP contribution is 2.46. The van der Waals surface area contributed by atoms with E-state index in [0.717, 1.165) is 58.5 Å². The molecule has 188 valence electrons. The van der Waals surface area contributed by atoms with Crippen LogP contribution in [-0.4, -0.2) is 16.1 Å². The summed E-state index contributed by atoms with van der Waals surface area (Å²) in [7, 11) is 0. The first-order chi connectivity index (χ1) is 17.9. The molecule has 1 heterocycles. The molecule has 0 radical (unpaired) electrons. The highest BCUT2D eigenvalue weighted by Gasteiger charge is 2.36. The lowest BCUT2D eigenvalue weighted by molar-refractivity contribution is 0.0696. The Morgan fingerprint density at radius 1 is 1.00 bits per heavy atom. The SMILES string of the molecule is CCC(C)(C)C1CC(=Cc2ccc(OCc3ccccc3)cc2)c2nc3ccccc3c(C(=O)O)c2C1. The second-order valence-electron chi connectivity index (χ2n) is 10.6. The van der Waals surface area contributed by atoms with Gasteiger partial charge in [-0.25, -0.2) is 9.78 Å².